The summed E-state index contributed by atoms with van der Waals surface area (Å²) in [5, 5.41) is 6.58. The van der Waals surface area contributed by atoms with Crippen LogP contribution < -0.4 is 10.6 Å². The molecule has 1 heterocycles. The van der Waals surface area contributed by atoms with Crippen molar-refractivity contribution in [2.75, 3.05) is 53.0 Å². The van der Waals surface area contributed by atoms with E-state index in [2.05, 4.69) is 20.5 Å². The van der Waals surface area contributed by atoms with Crippen LogP contribution in [0.2, 0.25) is 0 Å². The van der Waals surface area contributed by atoms with Crippen molar-refractivity contribution >= 4 is 5.96 Å². The number of hydrogen-bond donors (Lipinski definition) is 2. The monoisotopic (exact) mass is 352 g/mol. The molecule has 25 heavy (non-hydrogen) atoms. The molecule has 2 aliphatic rings. The van der Waals surface area contributed by atoms with Crippen LogP contribution in [0.25, 0.3) is 0 Å². The Morgan fingerprint density at radius 1 is 1.24 bits per heavy atom. The van der Waals surface area contributed by atoms with Crippen molar-refractivity contribution in [1.29, 1.82) is 0 Å². The van der Waals surface area contributed by atoms with Crippen LogP contribution in [0, 0.1) is 11.6 Å². The highest BCUT2D eigenvalue weighted by Crippen LogP contribution is 2.48. The summed E-state index contributed by atoms with van der Waals surface area (Å²) >= 11 is 0. The number of hydrogen-bond acceptors (Lipinski definition) is 3. The van der Waals surface area contributed by atoms with Gasteiger partial charge in [0.2, 0.25) is 0 Å². The molecule has 0 aromatic heterocycles. The van der Waals surface area contributed by atoms with E-state index in [0.717, 1.165) is 58.3 Å². The molecule has 1 aliphatic carbocycles. The summed E-state index contributed by atoms with van der Waals surface area (Å²) in [7, 11) is 1.72. The van der Waals surface area contributed by atoms with Crippen LogP contribution in [0.1, 0.15) is 18.4 Å². The van der Waals surface area contributed by atoms with Gasteiger partial charge in [0.25, 0.3) is 0 Å². The first kappa shape index (κ1) is 18.1. The number of morpholine rings is 1. The zero-order valence-electron chi connectivity index (χ0n) is 14.7. The zero-order valence-corrected chi connectivity index (χ0v) is 14.7. The van der Waals surface area contributed by atoms with Crippen LogP contribution >= 0.6 is 0 Å². The molecule has 1 aromatic rings. The van der Waals surface area contributed by atoms with E-state index in [-0.39, 0.29) is 5.41 Å². The van der Waals surface area contributed by atoms with E-state index in [1.807, 2.05) is 0 Å². The minimum atomic E-state index is -0.536. The van der Waals surface area contributed by atoms with Gasteiger partial charge in [0, 0.05) is 51.3 Å². The van der Waals surface area contributed by atoms with Gasteiger partial charge in [-0.25, -0.2) is 8.78 Å². The lowest BCUT2D eigenvalue weighted by atomic mass is 9.95. The van der Waals surface area contributed by atoms with E-state index in [1.54, 1.807) is 13.1 Å². The van der Waals surface area contributed by atoms with E-state index < -0.39 is 11.6 Å². The highest BCUT2D eigenvalue weighted by atomic mass is 19.1. The lowest BCUT2D eigenvalue weighted by Gasteiger charge is -2.27. The molecular weight excluding hydrogens is 326 g/mol. The van der Waals surface area contributed by atoms with E-state index in [1.165, 1.54) is 6.07 Å². The van der Waals surface area contributed by atoms with Crippen LogP contribution in [0.5, 0.6) is 0 Å². The second-order valence-corrected chi connectivity index (χ2v) is 6.71. The molecule has 1 aromatic carbocycles. The van der Waals surface area contributed by atoms with Gasteiger partial charge in [-0.05, 0) is 24.5 Å². The fourth-order valence-corrected chi connectivity index (χ4v) is 3.24. The molecular formula is C18H26F2N4O. The molecule has 2 fully saturated rings. The van der Waals surface area contributed by atoms with E-state index in [0.29, 0.717) is 18.1 Å². The smallest absolute Gasteiger partial charge is 0.191 e. The first-order valence-electron chi connectivity index (χ1n) is 8.83. The van der Waals surface area contributed by atoms with Crippen LogP contribution in [0.3, 0.4) is 0 Å². The second kappa shape index (κ2) is 8.10. The highest BCUT2D eigenvalue weighted by Gasteiger charge is 2.46. The Morgan fingerprint density at radius 2 is 2.00 bits per heavy atom. The normalized spacial score (nSPS) is 20.4. The van der Waals surface area contributed by atoms with Crippen LogP contribution in [0.15, 0.2) is 23.2 Å². The average molecular weight is 352 g/mol. The lowest BCUT2D eigenvalue weighted by Crippen LogP contribution is -2.45. The summed E-state index contributed by atoms with van der Waals surface area (Å²) in [5.74, 6) is -0.290. The topological polar surface area (TPSA) is 48.9 Å². The van der Waals surface area contributed by atoms with Gasteiger partial charge in [-0.3, -0.25) is 9.89 Å². The molecule has 0 amide bonds. The van der Waals surface area contributed by atoms with Crippen molar-refractivity contribution in [1.82, 2.24) is 15.5 Å². The molecule has 0 bridgehead atoms. The van der Waals surface area contributed by atoms with E-state index >= 15 is 0 Å². The van der Waals surface area contributed by atoms with Gasteiger partial charge in [-0.2, -0.15) is 0 Å². The molecule has 1 aliphatic heterocycles. The number of ether oxygens (including phenoxy) is 1. The third-order valence-electron chi connectivity index (χ3n) is 5.00. The summed E-state index contributed by atoms with van der Waals surface area (Å²) in [6, 6.07) is 3.85. The quantitative estimate of drug-likeness (QED) is 0.602. The van der Waals surface area contributed by atoms with Crippen molar-refractivity contribution in [2.24, 2.45) is 4.99 Å². The fraction of sp³-hybridized carbons (Fsp3) is 0.611. The molecule has 3 rings (SSSR count). The Balaban J connectivity index is 1.47. The van der Waals surface area contributed by atoms with Crippen molar-refractivity contribution in [3.63, 3.8) is 0 Å². The Morgan fingerprint density at radius 3 is 2.64 bits per heavy atom. The van der Waals surface area contributed by atoms with Crippen molar-refractivity contribution in [2.45, 2.75) is 18.3 Å². The maximum Gasteiger partial charge on any atom is 0.191 e. The van der Waals surface area contributed by atoms with Crippen molar-refractivity contribution < 1.29 is 13.5 Å². The Bertz CT molecular complexity index is 613. The first-order valence-corrected chi connectivity index (χ1v) is 8.83. The number of aliphatic imine (C=N–C) groups is 1. The summed E-state index contributed by atoms with van der Waals surface area (Å²) in [5.41, 5.74) is 0.338. The third-order valence-corrected chi connectivity index (χ3v) is 5.00. The third kappa shape index (κ3) is 4.67. The Labute approximate surface area is 147 Å². The molecule has 2 N–H and O–H groups in total. The van der Waals surface area contributed by atoms with Gasteiger partial charge in [0.15, 0.2) is 5.96 Å². The van der Waals surface area contributed by atoms with Crippen LogP contribution in [-0.4, -0.2) is 63.8 Å². The highest BCUT2D eigenvalue weighted by molar-refractivity contribution is 5.79. The maximum absolute atomic E-state index is 14.1. The second-order valence-electron chi connectivity index (χ2n) is 6.71. The zero-order chi connectivity index (χ0) is 17.7. The predicted molar refractivity (Wildman–Crippen MR) is 93.9 cm³/mol. The molecule has 0 spiro atoms. The standard InChI is InChI=1S/C18H26F2N4O/c1-21-17(22-6-7-24-8-10-25-11-9-24)23-13-18(4-5-18)15-3-2-14(19)12-16(15)20/h2-3,12H,4-11,13H2,1H3,(H2,21,22,23). The first-order chi connectivity index (χ1) is 12.1. The number of guanidine groups is 1. The van der Waals surface area contributed by atoms with Crippen molar-refractivity contribution in [3.8, 4) is 0 Å². The minimum absolute atomic E-state index is 0.250. The summed E-state index contributed by atoms with van der Waals surface area (Å²) in [6.07, 6.45) is 1.79. The summed E-state index contributed by atoms with van der Waals surface area (Å²) in [4.78, 5) is 6.58. The minimum Gasteiger partial charge on any atom is -0.379 e. The van der Waals surface area contributed by atoms with Gasteiger partial charge >= 0.3 is 0 Å². The molecule has 1 saturated heterocycles. The van der Waals surface area contributed by atoms with Gasteiger partial charge in [-0.1, -0.05) is 6.07 Å². The largest absolute Gasteiger partial charge is 0.379 e. The van der Waals surface area contributed by atoms with Gasteiger partial charge in [0.1, 0.15) is 11.6 Å². The van der Waals surface area contributed by atoms with Crippen LogP contribution in [0.4, 0.5) is 8.78 Å². The molecule has 7 heteroatoms. The number of rotatable bonds is 6. The number of nitrogens with zero attached hydrogens (tertiary/aromatic N) is 2. The SMILES string of the molecule is CN=C(NCCN1CCOCC1)NCC1(c2ccc(F)cc2F)CC1. The Hall–Kier alpha value is -1.73. The molecule has 138 valence electrons. The summed E-state index contributed by atoms with van der Waals surface area (Å²) in [6.45, 7) is 5.81. The average Bonchev–Trinajstić information content (AvgIpc) is 3.39. The van der Waals surface area contributed by atoms with Gasteiger partial charge in [0.05, 0.1) is 13.2 Å². The molecule has 5 nitrogen and oxygen atoms in total. The number of halogens is 2. The summed E-state index contributed by atoms with van der Waals surface area (Å²) < 4.78 is 32.5. The van der Waals surface area contributed by atoms with E-state index in [9.17, 15) is 8.78 Å². The van der Waals surface area contributed by atoms with Gasteiger partial charge < -0.3 is 15.4 Å². The van der Waals surface area contributed by atoms with Gasteiger partial charge in [-0.15, -0.1) is 0 Å². The maximum atomic E-state index is 14.1. The number of benzene rings is 1. The molecule has 0 unspecified atom stereocenters. The Kier molecular flexibility index (Phi) is 5.86. The van der Waals surface area contributed by atoms with Crippen molar-refractivity contribution in [3.05, 3.63) is 35.4 Å². The fourth-order valence-electron chi connectivity index (χ4n) is 3.24. The lowest BCUT2D eigenvalue weighted by molar-refractivity contribution is 0.0389. The number of nitrogens with one attached hydrogen (secondary N) is 2. The molecule has 1 saturated carbocycles. The predicted octanol–water partition coefficient (Wildman–Crippen LogP) is 1.49. The molecule has 0 atom stereocenters. The molecule has 0 radical (unpaired) electrons. The van der Waals surface area contributed by atoms with E-state index in [4.69, 9.17) is 4.74 Å². The van der Waals surface area contributed by atoms with Crippen LogP contribution in [-0.2, 0) is 10.2 Å².